The molecule has 2 atom stereocenters. The molecule has 0 spiro atoms. The molecule has 0 aliphatic carbocycles. The lowest BCUT2D eigenvalue weighted by Crippen LogP contribution is -2.37. The number of phosphoric acid groups is 1. The molecule has 0 aromatic heterocycles. The number of carbonyl (C=O) groups excluding carboxylic acids is 2. The number of quaternary nitrogens is 1. The van der Waals surface area contributed by atoms with Crippen LogP contribution in [0, 0.1) is 0 Å². The van der Waals surface area contributed by atoms with Crippen molar-refractivity contribution in [2.75, 3.05) is 47.5 Å². The number of rotatable bonds is 27. The Hall–Kier alpha value is -0.990. The van der Waals surface area contributed by atoms with E-state index >= 15 is 0 Å². The fourth-order valence-corrected chi connectivity index (χ4v) is 4.67. The third-order valence-corrected chi connectivity index (χ3v) is 7.43. The number of carbonyl (C=O) groups is 2. The van der Waals surface area contributed by atoms with E-state index in [0.717, 1.165) is 19.3 Å². The Morgan fingerprint density at radius 2 is 1.21 bits per heavy atom. The van der Waals surface area contributed by atoms with Gasteiger partial charge in [0.25, 0.3) is 0 Å². The van der Waals surface area contributed by atoms with Crippen LogP contribution in [0.2, 0.25) is 0 Å². The summed E-state index contributed by atoms with van der Waals surface area (Å²) in [5, 5.41) is 0. The molecule has 0 aromatic carbocycles. The van der Waals surface area contributed by atoms with Crippen LogP contribution >= 0.6 is 7.82 Å². The Balaban J connectivity index is 3.97. The van der Waals surface area contributed by atoms with Crippen molar-refractivity contribution in [3.05, 3.63) is 0 Å². The fourth-order valence-electron chi connectivity index (χ4n) is 3.93. The van der Waals surface area contributed by atoms with Crippen molar-refractivity contribution in [2.45, 2.75) is 129 Å². The minimum Gasteiger partial charge on any atom is -0.462 e. The van der Waals surface area contributed by atoms with Gasteiger partial charge in [0.15, 0.2) is 6.10 Å². The van der Waals surface area contributed by atoms with Crippen molar-refractivity contribution in [2.24, 2.45) is 0 Å². The number of nitrogens with zero attached hydrogens (tertiary/aromatic N) is 1. The molecule has 1 unspecified atom stereocenters. The van der Waals surface area contributed by atoms with E-state index in [9.17, 15) is 19.0 Å². The van der Waals surface area contributed by atoms with Gasteiger partial charge in [0, 0.05) is 12.8 Å². The summed E-state index contributed by atoms with van der Waals surface area (Å²) in [7, 11) is 1.47. The second-order valence-electron chi connectivity index (χ2n) is 11.5. The maximum atomic E-state index is 12.1. The van der Waals surface area contributed by atoms with Crippen LogP contribution < -0.4 is 0 Å². The van der Waals surface area contributed by atoms with E-state index in [4.69, 9.17) is 18.5 Å². The third kappa shape index (κ3) is 27.0. The summed E-state index contributed by atoms with van der Waals surface area (Å²) in [6, 6.07) is 0. The van der Waals surface area contributed by atoms with Crippen LogP contribution in [-0.2, 0) is 32.7 Å². The largest absolute Gasteiger partial charge is 0.472 e. The van der Waals surface area contributed by atoms with Crippen LogP contribution in [-0.4, -0.2) is 74.9 Å². The van der Waals surface area contributed by atoms with Gasteiger partial charge in [0.05, 0.1) is 27.7 Å². The van der Waals surface area contributed by atoms with Gasteiger partial charge in [-0.05, 0) is 6.42 Å². The Labute approximate surface area is 238 Å². The van der Waals surface area contributed by atoms with Gasteiger partial charge in [0.2, 0.25) is 0 Å². The molecule has 9 nitrogen and oxygen atoms in total. The second-order valence-corrected chi connectivity index (χ2v) is 12.9. The zero-order chi connectivity index (χ0) is 29.4. The highest BCUT2D eigenvalue weighted by atomic mass is 31.2. The summed E-state index contributed by atoms with van der Waals surface area (Å²) in [5.74, 6) is -0.894. The second kappa shape index (κ2) is 23.7. The van der Waals surface area contributed by atoms with Gasteiger partial charge in [-0.1, -0.05) is 104 Å². The van der Waals surface area contributed by atoms with Gasteiger partial charge >= 0.3 is 19.8 Å². The quantitative estimate of drug-likeness (QED) is 0.0481. The number of ether oxygens (including phenoxy) is 2. The highest BCUT2D eigenvalue weighted by molar-refractivity contribution is 7.47. The van der Waals surface area contributed by atoms with Crippen molar-refractivity contribution in [3.63, 3.8) is 0 Å². The molecule has 232 valence electrons. The molecule has 0 bridgehead atoms. The Morgan fingerprint density at radius 1 is 0.718 bits per heavy atom. The first-order valence-corrected chi connectivity index (χ1v) is 16.8. The lowest BCUT2D eigenvalue weighted by Gasteiger charge is -2.24. The summed E-state index contributed by atoms with van der Waals surface area (Å²) in [5.41, 5.74) is 0. The van der Waals surface area contributed by atoms with Crippen LogP contribution in [0.25, 0.3) is 0 Å². The fraction of sp³-hybridized carbons (Fsp3) is 0.931. The lowest BCUT2D eigenvalue weighted by molar-refractivity contribution is -0.870. The van der Waals surface area contributed by atoms with E-state index in [-0.39, 0.29) is 25.6 Å². The van der Waals surface area contributed by atoms with Gasteiger partial charge in [-0.15, -0.1) is 0 Å². The van der Waals surface area contributed by atoms with E-state index in [2.05, 4.69) is 6.92 Å². The van der Waals surface area contributed by atoms with Gasteiger partial charge in [-0.3, -0.25) is 18.6 Å². The van der Waals surface area contributed by atoms with Gasteiger partial charge in [-0.25, -0.2) is 4.57 Å². The maximum Gasteiger partial charge on any atom is 0.472 e. The van der Waals surface area contributed by atoms with Crippen molar-refractivity contribution in [1.29, 1.82) is 0 Å². The summed E-state index contributed by atoms with van der Waals surface area (Å²) in [4.78, 5) is 33.7. The number of likely N-dealkylation sites (N-methyl/N-ethyl adjacent to an activating group) is 1. The summed E-state index contributed by atoms with van der Waals surface area (Å²) in [6.07, 6.45) is 18.3. The normalized spacial score (nSPS) is 14.1. The molecule has 0 saturated heterocycles. The monoisotopic (exact) mass is 580 g/mol. The molecule has 0 rings (SSSR count). The zero-order valence-corrected chi connectivity index (χ0v) is 26.5. The lowest BCUT2D eigenvalue weighted by atomic mass is 10.0. The molecule has 0 aromatic rings. The van der Waals surface area contributed by atoms with Crippen LogP contribution in [0.4, 0.5) is 0 Å². The van der Waals surface area contributed by atoms with E-state index in [1.54, 1.807) is 6.92 Å². The molecule has 10 heteroatoms. The summed E-state index contributed by atoms with van der Waals surface area (Å²) in [6.45, 7) is 3.79. The molecule has 0 fully saturated rings. The molecule has 39 heavy (non-hydrogen) atoms. The number of esters is 2. The van der Waals surface area contributed by atoms with Crippen LogP contribution in [0.5, 0.6) is 0 Å². The van der Waals surface area contributed by atoms with E-state index in [1.165, 1.54) is 77.0 Å². The van der Waals surface area contributed by atoms with E-state index in [0.29, 0.717) is 17.4 Å². The van der Waals surface area contributed by atoms with E-state index < -0.39 is 26.5 Å². The first-order valence-electron chi connectivity index (χ1n) is 15.3. The van der Waals surface area contributed by atoms with E-state index in [1.807, 2.05) is 21.1 Å². The Kier molecular flexibility index (Phi) is 23.1. The van der Waals surface area contributed by atoms with Crippen LogP contribution in [0.1, 0.15) is 123 Å². The summed E-state index contributed by atoms with van der Waals surface area (Å²) >= 11 is 0. The van der Waals surface area contributed by atoms with Crippen molar-refractivity contribution in [3.8, 4) is 0 Å². The smallest absolute Gasteiger partial charge is 0.462 e. The highest BCUT2D eigenvalue weighted by Gasteiger charge is 2.26. The number of hydrogen-bond donors (Lipinski definition) is 1. The molecular formula is C29H59NO8P+. The van der Waals surface area contributed by atoms with Crippen LogP contribution in [0.15, 0.2) is 0 Å². The molecule has 0 saturated carbocycles. The van der Waals surface area contributed by atoms with Crippen LogP contribution in [0.3, 0.4) is 0 Å². The summed E-state index contributed by atoms with van der Waals surface area (Å²) < 4.78 is 33.1. The number of unbranched alkanes of at least 4 members (excludes halogenated alkanes) is 14. The van der Waals surface area contributed by atoms with Crippen molar-refractivity contribution in [1.82, 2.24) is 0 Å². The average Bonchev–Trinajstić information content (AvgIpc) is 2.86. The topological polar surface area (TPSA) is 108 Å². The number of hydrogen-bond acceptors (Lipinski definition) is 7. The Morgan fingerprint density at radius 3 is 1.67 bits per heavy atom. The third-order valence-electron chi connectivity index (χ3n) is 6.44. The molecule has 0 heterocycles. The van der Waals surface area contributed by atoms with Gasteiger partial charge in [0.1, 0.15) is 19.8 Å². The Bertz CT molecular complexity index is 668. The van der Waals surface area contributed by atoms with Crippen molar-refractivity contribution >= 4 is 19.8 Å². The first kappa shape index (κ1) is 38.0. The zero-order valence-electron chi connectivity index (χ0n) is 25.6. The predicted molar refractivity (Wildman–Crippen MR) is 155 cm³/mol. The SMILES string of the molecule is CCCCCCCCCCCCCCCCCC(=O)OC[C@H](COP(=O)(O)OCC[N+](C)(C)C)OC(=O)CC. The number of phosphoric ester groups is 1. The minimum absolute atomic E-state index is 0.0327. The molecule has 0 aliphatic rings. The predicted octanol–water partition coefficient (Wildman–Crippen LogP) is 6.95. The van der Waals surface area contributed by atoms with Gasteiger partial charge in [-0.2, -0.15) is 0 Å². The highest BCUT2D eigenvalue weighted by Crippen LogP contribution is 2.43. The first-order chi connectivity index (χ1) is 18.5. The van der Waals surface area contributed by atoms with Gasteiger partial charge < -0.3 is 18.9 Å². The van der Waals surface area contributed by atoms with Crippen molar-refractivity contribution < 1.29 is 42.1 Å². The maximum absolute atomic E-state index is 12.1. The molecular weight excluding hydrogens is 521 g/mol. The molecule has 1 N–H and O–H groups in total. The molecule has 0 aliphatic heterocycles. The molecule has 0 amide bonds. The standard InChI is InChI=1S/C29H58NO8P/c1-6-8-9-10-11-12-13-14-15-16-17-18-19-20-21-22-29(32)35-25-27(38-28(31)7-2)26-37-39(33,34)36-24-23-30(3,4)5/h27H,6-26H2,1-5H3/p+1/t27-/m1/s1. The molecule has 0 radical (unpaired) electrons. The minimum atomic E-state index is -4.32. The average molecular weight is 581 g/mol.